The molecule has 0 aliphatic rings. The van der Waals surface area contributed by atoms with Gasteiger partial charge in [-0.2, -0.15) is 0 Å². The van der Waals surface area contributed by atoms with Gasteiger partial charge in [0, 0.05) is 24.2 Å². The molecule has 136 valence electrons. The molecule has 2 rings (SSSR count). The molecule has 0 atom stereocenters. The van der Waals surface area contributed by atoms with Crippen molar-refractivity contribution in [2.75, 3.05) is 13.1 Å². The smallest absolute Gasteiger partial charge is 0.247 e. The molecular weight excluding hydrogens is 355 g/mol. The number of hydrogen-bond donors (Lipinski definition) is 1. The Balaban J connectivity index is 1.86. The van der Waals surface area contributed by atoms with Gasteiger partial charge in [0.1, 0.15) is 5.82 Å². The number of nitrogens with one attached hydrogen (secondary N) is 1. The molecule has 26 heavy (non-hydrogen) atoms. The second-order valence-electron chi connectivity index (χ2n) is 5.64. The van der Waals surface area contributed by atoms with Gasteiger partial charge < -0.3 is 10.2 Å². The third-order valence-electron chi connectivity index (χ3n) is 3.72. The van der Waals surface area contributed by atoms with Crippen molar-refractivity contribution in [1.82, 2.24) is 10.2 Å². The molecule has 1 N–H and O–H groups in total. The van der Waals surface area contributed by atoms with Crippen molar-refractivity contribution in [3.8, 4) is 0 Å². The highest BCUT2D eigenvalue weighted by molar-refractivity contribution is 6.30. The summed E-state index contributed by atoms with van der Waals surface area (Å²) < 4.78 is 12.9. The van der Waals surface area contributed by atoms with Gasteiger partial charge in [0.2, 0.25) is 11.8 Å². The van der Waals surface area contributed by atoms with E-state index < -0.39 is 0 Å². The highest BCUT2D eigenvalue weighted by Crippen LogP contribution is 2.09. The maximum absolute atomic E-state index is 12.9. The van der Waals surface area contributed by atoms with Crippen LogP contribution in [0.4, 0.5) is 4.39 Å². The van der Waals surface area contributed by atoms with E-state index in [-0.39, 0.29) is 24.2 Å². The van der Waals surface area contributed by atoms with Gasteiger partial charge in [0.15, 0.2) is 0 Å². The third-order valence-corrected chi connectivity index (χ3v) is 3.97. The molecule has 2 amide bonds. The van der Waals surface area contributed by atoms with Crippen molar-refractivity contribution < 1.29 is 14.0 Å². The highest BCUT2D eigenvalue weighted by atomic mass is 35.5. The lowest BCUT2D eigenvalue weighted by Crippen LogP contribution is -2.39. The summed E-state index contributed by atoms with van der Waals surface area (Å²) in [4.78, 5) is 25.7. The Labute approximate surface area is 157 Å². The second kappa shape index (κ2) is 9.73. The SMILES string of the molecule is CCN(CC(=O)NCc1ccc(Cl)cc1)C(=O)C=Cc1ccc(F)cc1. The highest BCUT2D eigenvalue weighted by Gasteiger charge is 2.13. The Morgan fingerprint density at radius 3 is 2.38 bits per heavy atom. The van der Waals surface area contributed by atoms with Gasteiger partial charge in [-0.15, -0.1) is 0 Å². The predicted octanol–water partition coefficient (Wildman–Crippen LogP) is 3.66. The molecule has 0 spiro atoms. The number of rotatable bonds is 7. The van der Waals surface area contributed by atoms with E-state index in [0.29, 0.717) is 23.7 Å². The van der Waals surface area contributed by atoms with Crippen LogP contribution in [0.2, 0.25) is 5.02 Å². The number of carbonyl (C=O) groups excluding carboxylic acids is 2. The first-order valence-corrected chi connectivity index (χ1v) is 8.59. The summed E-state index contributed by atoms with van der Waals surface area (Å²) in [6.07, 6.45) is 2.97. The maximum Gasteiger partial charge on any atom is 0.247 e. The standard InChI is InChI=1S/C20H20ClFN2O2/c1-2-24(20(26)12-7-15-5-10-18(22)11-6-15)14-19(25)23-13-16-3-8-17(21)9-4-16/h3-12H,2,13-14H2,1H3,(H,23,25). The van der Waals surface area contributed by atoms with E-state index in [0.717, 1.165) is 5.56 Å². The molecule has 0 saturated carbocycles. The fraction of sp³-hybridized carbons (Fsp3) is 0.200. The first-order chi connectivity index (χ1) is 12.5. The fourth-order valence-electron chi connectivity index (χ4n) is 2.22. The molecule has 4 nitrogen and oxygen atoms in total. The molecule has 0 heterocycles. The van der Waals surface area contributed by atoms with Crippen LogP contribution >= 0.6 is 11.6 Å². The minimum atomic E-state index is -0.332. The lowest BCUT2D eigenvalue weighted by molar-refractivity contribution is -0.132. The second-order valence-corrected chi connectivity index (χ2v) is 6.08. The van der Waals surface area contributed by atoms with E-state index in [2.05, 4.69) is 5.32 Å². The molecule has 0 bridgehead atoms. The van der Waals surface area contributed by atoms with Gasteiger partial charge >= 0.3 is 0 Å². The van der Waals surface area contributed by atoms with Gasteiger partial charge in [-0.1, -0.05) is 35.9 Å². The fourth-order valence-corrected chi connectivity index (χ4v) is 2.35. The number of halogens is 2. The summed E-state index contributed by atoms with van der Waals surface area (Å²) in [7, 11) is 0. The van der Waals surface area contributed by atoms with Crippen LogP contribution in [0.15, 0.2) is 54.6 Å². The van der Waals surface area contributed by atoms with E-state index >= 15 is 0 Å². The average Bonchev–Trinajstić information content (AvgIpc) is 2.65. The van der Waals surface area contributed by atoms with Crippen molar-refractivity contribution in [2.24, 2.45) is 0 Å². The molecule has 0 aliphatic carbocycles. The van der Waals surface area contributed by atoms with Gasteiger partial charge in [-0.25, -0.2) is 4.39 Å². The van der Waals surface area contributed by atoms with Gasteiger partial charge in [0.05, 0.1) is 6.54 Å². The molecule has 6 heteroatoms. The van der Waals surface area contributed by atoms with Gasteiger partial charge in [-0.3, -0.25) is 9.59 Å². The average molecular weight is 375 g/mol. The Morgan fingerprint density at radius 1 is 1.12 bits per heavy atom. The Kier molecular flexibility index (Phi) is 7.36. The van der Waals surface area contributed by atoms with Crippen molar-refractivity contribution in [2.45, 2.75) is 13.5 Å². The Morgan fingerprint density at radius 2 is 1.77 bits per heavy atom. The van der Waals surface area contributed by atoms with Crippen molar-refractivity contribution in [1.29, 1.82) is 0 Å². The molecule has 0 unspecified atom stereocenters. The van der Waals surface area contributed by atoms with Crippen LogP contribution in [0.25, 0.3) is 6.08 Å². The normalized spacial score (nSPS) is 10.7. The molecule has 0 aliphatic heterocycles. The number of amides is 2. The van der Waals surface area contributed by atoms with Gasteiger partial charge in [0.25, 0.3) is 0 Å². The first kappa shape index (κ1) is 19.7. The van der Waals surface area contributed by atoms with Crippen LogP contribution in [0.1, 0.15) is 18.1 Å². The predicted molar refractivity (Wildman–Crippen MR) is 101 cm³/mol. The van der Waals surface area contributed by atoms with Crippen LogP contribution < -0.4 is 5.32 Å². The van der Waals surface area contributed by atoms with Crippen molar-refractivity contribution in [3.05, 3.63) is 76.6 Å². The number of benzene rings is 2. The Bertz CT molecular complexity index is 773. The van der Waals surface area contributed by atoms with Crippen LogP contribution in [-0.2, 0) is 16.1 Å². The summed E-state index contributed by atoms with van der Waals surface area (Å²) in [6.45, 7) is 2.54. The number of nitrogens with zero attached hydrogens (tertiary/aromatic N) is 1. The van der Waals surface area contributed by atoms with Gasteiger partial charge in [-0.05, 0) is 48.4 Å². The lowest BCUT2D eigenvalue weighted by atomic mass is 10.2. The summed E-state index contributed by atoms with van der Waals surface area (Å²) in [5.41, 5.74) is 1.64. The van der Waals surface area contributed by atoms with E-state index in [1.807, 2.05) is 12.1 Å². The van der Waals surface area contributed by atoms with Crippen LogP contribution in [0.3, 0.4) is 0 Å². The molecule has 2 aromatic rings. The molecule has 2 aromatic carbocycles. The Hall–Kier alpha value is -2.66. The number of hydrogen-bond acceptors (Lipinski definition) is 2. The molecule has 0 fully saturated rings. The zero-order chi connectivity index (χ0) is 18.9. The topological polar surface area (TPSA) is 49.4 Å². The lowest BCUT2D eigenvalue weighted by Gasteiger charge is -2.18. The third kappa shape index (κ3) is 6.33. The first-order valence-electron chi connectivity index (χ1n) is 8.21. The minimum Gasteiger partial charge on any atom is -0.350 e. The molecule has 0 aromatic heterocycles. The summed E-state index contributed by atoms with van der Waals surface area (Å²) in [6, 6.07) is 13.0. The van der Waals surface area contributed by atoms with E-state index in [9.17, 15) is 14.0 Å². The van der Waals surface area contributed by atoms with Crippen LogP contribution in [0.5, 0.6) is 0 Å². The zero-order valence-electron chi connectivity index (χ0n) is 14.4. The summed E-state index contributed by atoms with van der Waals surface area (Å²) >= 11 is 5.82. The van der Waals surface area contributed by atoms with Crippen molar-refractivity contribution in [3.63, 3.8) is 0 Å². The molecular formula is C20H20ClFN2O2. The quantitative estimate of drug-likeness (QED) is 0.752. The van der Waals surface area contributed by atoms with E-state index in [4.69, 9.17) is 11.6 Å². The zero-order valence-corrected chi connectivity index (χ0v) is 15.2. The number of carbonyl (C=O) groups is 2. The van der Waals surface area contributed by atoms with Crippen LogP contribution in [0, 0.1) is 5.82 Å². The van der Waals surface area contributed by atoms with E-state index in [1.165, 1.54) is 23.1 Å². The molecule has 0 radical (unpaired) electrons. The number of likely N-dealkylation sites (N-methyl/N-ethyl adjacent to an activating group) is 1. The molecule has 0 saturated heterocycles. The van der Waals surface area contributed by atoms with Crippen LogP contribution in [-0.4, -0.2) is 29.8 Å². The van der Waals surface area contributed by atoms with E-state index in [1.54, 1.807) is 37.3 Å². The monoisotopic (exact) mass is 374 g/mol. The maximum atomic E-state index is 12.9. The van der Waals surface area contributed by atoms with Crippen molar-refractivity contribution >= 4 is 29.5 Å². The summed E-state index contributed by atoms with van der Waals surface area (Å²) in [5, 5.41) is 3.41. The largest absolute Gasteiger partial charge is 0.350 e. The minimum absolute atomic E-state index is 0.0311. The summed E-state index contributed by atoms with van der Waals surface area (Å²) in [5.74, 6) is -0.857.